The van der Waals surface area contributed by atoms with Gasteiger partial charge in [-0.05, 0) is 31.0 Å². The van der Waals surface area contributed by atoms with Crippen molar-refractivity contribution in [1.82, 2.24) is 10.2 Å². The molecule has 1 atom stereocenters. The summed E-state index contributed by atoms with van der Waals surface area (Å²) in [5.41, 5.74) is 0.917. The molecule has 2 N–H and O–H groups in total. The largest absolute Gasteiger partial charge is 0.395 e. The molecule has 0 radical (unpaired) electrons. The lowest BCUT2D eigenvalue weighted by Crippen LogP contribution is -2.47. The second-order valence-corrected chi connectivity index (χ2v) is 5.58. The fraction of sp³-hybridized carbons (Fsp3) is 0.533. The van der Waals surface area contributed by atoms with Crippen LogP contribution in [0.5, 0.6) is 0 Å². The molecule has 0 aliphatic carbocycles. The van der Waals surface area contributed by atoms with Gasteiger partial charge < -0.3 is 10.4 Å². The SMILES string of the molecule is O=C(CN1CCCCC1CO)NCc1ccccc1Cl. The van der Waals surface area contributed by atoms with Gasteiger partial charge in [-0.25, -0.2) is 0 Å². The maximum absolute atomic E-state index is 12.0. The summed E-state index contributed by atoms with van der Waals surface area (Å²) in [6.07, 6.45) is 3.19. The molecule has 1 aromatic rings. The van der Waals surface area contributed by atoms with Gasteiger partial charge in [0.2, 0.25) is 5.91 Å². The smallest absolute Gasteiger partial charge is 0.234 e. The minimum atomic E-state index is -0.0229. The van der Waals surface area contributed by atoms with Crippen LogP contribution in [0.25, 0.3) is 0 Å². The van der Waals surface area contributed by atoms with Gasteiger partial charge in [0.1, 0.15) is 0 Å². The predicted octanol–water partition coefficient (Wildman–Crippen LogP) is 1.80. The van der Waals surface area contributed by atoms with Crippen molar-refractivity contribution < 1.29 is 9.90 Å². The first-order valence-electron chi connectivity index (χ1n) is 7.05. The number of likely N-dealkylation sites (tertiary alicyclic amines) is 1. The number of halogens is 1. The monoisotopic (exact) mass is 296 g/mol. The predicted molar refractivity (Wildman–Crippen MR) is 79.6 cm³/mol. The zero-order valence-corrected chi connectivity index (χ0v) is 12.3. The van der Waals surface area contributed by atoms with E-state index < -0.39 is 0 Å². The molecule has 5 heteroatoms. The third-order valence-corrected chi connectivity index (χ3v) is 4.11. The topological polar surface area (TPSA) is 52.6 Å². The second-order valence-electron chi connectivity index (χ2n) is 5.17. The molecule has 0 spiro atoms. The number of rotatable bonds is 5. The van der Waals surface area contributed by atoms with E-state index in [2.05, 4.69) is 10.2 Å². The average Bonchev–Trinajstić information content (AvgIpc) is 2.47. The maximum Gasteiger partial charge on any atom is 0.234 e. The molecule has 1 amide bonds. The highest BCUT2D eigenvalue weighted by Gasteiger charge is 2.23. The van der Waals surface area contributed by atoms with Crippen LogP contribution in [0.15, 0.2) is 24.3 Å². The molecule has 0 aromatic heterocycles. The van der Waals surface area contributed by atoms with E-state index in [-0.39, 0.29) is 18.6 Å². The summed E-state index contributed by atoms with van der Waals surface area (Å²) in [6.45, 7) is 1.79. The Hall–Kier alpha value is -1.10. The maximum atomic E-state index is 12.0. The Balaban J connectivity index is 1.82. The van der Waals surface area contributed by atoms with Crippen molar-refractivity contribution in [2.75, 3.05) is 19.7 Å². The van der Waals surface area contributed by atoms with Gasteiger partial charge in [-0.1, -0.05) is 36.2 Å². The third kappa shape index (κ3) is 4.20. The van der Waals surface area contributed by atoms with E-state index in [1.54, 1.807) is 0 Å². The number of amides is 1. The molecule has 1 aliphatic heterocycles. The zero-order chi connectivity index (χ0) is 14.4. The highest BCUT2D eigenvalue weighted by atomic mass is 35.5. The Morgan fingerprint density at radius 1 is 1.40 bits per heavy atom. The zero-order valence-electron chi connectivity index (χ0n) is 11.5. The Kier molecular flexibility index (Phi) is 5.83. The van der Waals surface area contributed by atoms with Crippen LogP contribution in [0, 0.1) is 0 Å². The fourth-order valence-electron chi connectivity index (χ4n) is 2.55. The van der Waals surface area contributed by atoms with E-state index in [9.17, 15) is 9.90 Å². The summed E-state index contributed by atoms with van der Waals surface area (Å²) in [5, 5.41) is 12.9. The van der Waals surface area contributed by atoms with Gasteiger partial charge in [-0.15, -0.1) is 0 Å². The van der Waals surface area contributed by atoms with Gasteiger partial charge in [0, 0.05) is 17.6 Å². The molecule has 0 bridgehead atoms. The molecule has 2 rings (SSSR count). The van der Waals surface area contributed by atoms with Crippen LogP contribution in [0.4, 0.5) is 0 Å². The molecule has 1 aliphatic rings. The molecular formula is C15H21ClN2O2. The van der Waals surface area contributed by atoms with Crippen LogP contribution in [0.2, 0.25) is 5.02 Å². The standard InChI is InChI=1S/C15H21ClN2O2/c16-14-7-2-1-5-12(14)9-17-15(20)10-18-8-4-3-6-13(18)11-19/h1-2,5,7,13,19H,3-4,6,8-11H2,(H,17,20). The quantitative estimate of drug-likeness (QED) is 0.871. The third-order valence-electron chi connectivity index (χ3n) is 3.74. The Labute approximate surface area is 124 Å². The molecule has 4 nitrogen and oxygen atoms in total. The van der Waals surface area contributed by atoms with Gasteiger partial charge in [0.25, 0.3) is 0 Å². The summed E-state index contributed by atoms with van der Waals surface area (Å²) in [5.74, 6) is -0.0229. The van der Waals surface area contributed by atoms with Crippen LogP contribution in [0.1, 0.15) is 24.8 Å². The molecule has 1 fully saturated rings. The van der Waals surface area contributed by atoms with E-state index in [1.807, 2.05) is 24.3 Å². The average molecular weight is 297 g/mol. The minimum Gasteiger partial charge on any atom is -0.395 e. The minimum absolute atomic E-state index is 0.0229. The van der Waals surface area contributed by atoms with Gasteiger partial charge in [0.05, 0.1) is 13.2 Å². The van der Waals surface area contributed by atoms with E-state index >= 15 is 0 Å². The van der Waals surface area contributed by atoms with Crippen LogP contribution in [-0.4, -0.2) is 41.7 Å². The van der Waals surface area contributed by atoms with Crippen molar-refractivity contribution in [3.05, 3.63) is 34.9 Å². The van der Waals surface area contributed by atoms with Crippen molar-refractivity contribution in [3.8, 4) is 0 Å². The van der Waals surface area contributed by atoms with Crippen LogP contribution in [-0.2, 0) is 11.3 Å². The van der Waals surface area contributed by atoms with E-state index in [4.69, 9.17) is 11.6 Å². The lowest BCUT2D eigenvalue weighted by molar-refractivity contribution is -0.123. The van der Waals surface area contributed by atoms with Crippen molar-refractivity contribution in [2.45, 2.75) is 31.8 Å². The molecule has 1 unspecified atom stereocenters. The number of aliphatic hydroxyl groups is 1. The van der Waals surface area contributed by atoms with E-state index in [0.717, 1.165) is 31.4 Å². The first-order chi connectivity index (χ1) is 9.70. The van der Waals surface area contributed by atoms with Gasteiger partial charge in [0.15, 0.2) is 0 Å². The van der Waals surface area contributed by atoms with Crippen molar-refractivity contribution in [3.63, 3.8) is 0 Å². The van der Waals surface area contributed by atoms with E-state index in [1.165, 1.54) is 0 Å². The highest BCUT2D eigenvalue weighted by Crippen LogP contribution is 2.16. The lowest BCUT2D eigenvalue weighted by atomic mass is 10.0. The number of hydrogen-bond acceptors (Lipinski definition) is 3. The Morgan fingerprint density at radius 3 is 2.95 bits per heavy atom. The number of carbonyl (C=O) groups excluding carboxylic acids is 1. The van der Waals surface area contributed by atoms with Crippen molar-refractivity contribution in [2.24, 2.45) is 0 Å². The summed E-state index contributed by atoms with van der Waals surface area (Å²) in [7, 11) is 0. The lowest BCUT2D eigenvalue weighted by Gasteiger charge is -2.33. The molecular weight excluding hydrogens is 276 g/mol. The summed E-state index contributed by atoms with van der Waals surface area (Å²) < 4.78 is 0. The first kappa shape index (κ1) is 15.3. The van der Waals surface area contributed by atoms with Crippen LogP contribution >= 0.6 is 11.6 Å². The molecule has 0 saturated carbocycles. The van der Waals surface area contributed by atoms with Gasteiger partial charge in [-0.3, -0.25) is 9.69 Å². The van der Waals surface area contributed by atoms with Gasteiger partial charge in [-0.2, -0.15) is 0 Å². The summed E-state index contributed by atoms with van der Waals surface area (Å²) >= 11 is 6.05. The molecule has 1 aromatic carbocycles. The normalized spacial score (nSPS) is 19.8. The Bertz CT molecular complexity index is 453. The number of nitrogens with zero attached hydrogens (tertiary/aromatic N) is 1. The van der Waals surface area contributed by atoms with Crippen molar-refractivity contribution >= 4 is 17.5 Å². The number of benzene rings is 1. The van der Waals surface area contributed by atoms with Gasteiger partial charge >= 0.3 is 0 Å². The summed E-state index contributed by atoms with van der Waals surface area (Å²) in [6, 6.07) is 7.61. The number of hydrogen-bond donors (Lipinski definition) is 2. The molecule has 1 heterocycles. The number of aliphatic hydroxyl groups excluding tert-OH is 1. The fourth-order valence-corrected chi connectivity index (χ4v) is 2.75. The van der Waals surface area contributed by atoms with Crippen LogP contribution in [0.3, 0.4) is 0 Å². The number of carbonyl (C=O) groups is 1. The highest BCUT2D eigenvalue weighted by molar-refractivity contribution is 6.31. The summed E-state index contributed by atoms with van der Waals surface area (Å²) in [4.78, 5) is 14.0. The van der Waals surface area contributed by atoms with Crippen molar-refractivity contribution in [1.29, 1.82) is 0 Å². The number of piperidine rings is 1. The molecule has 110 valence electrons. The second kappa shape index (κ2) is 7.62. The first-order valence-corrected chi connectivity index (χ1v) is 7.43. The molecule has 1 saturated heterocycles. The number of nitrogens with one attached hydrogen (secondary N) is 1. The van der Waals surface area contributed by atoms with E-state index in [0.29, 0.717) is 18.1 Å². The molecule has 20 heavy (non-hydrogen) atoms. The van der Waals surface area contributed by atoms with Crippen LogP contribution < -0.4 is 5.32 Å². The Morgan fingerprint density at radius 2 is 2.20 bits per heavy atom.